The third kappa shape index (κ3) is 3.81. The fourth-order valence-electron chi connectivity index (χ4n) is 2.75. The molecule has 0 aliphatic carbocycles. The third-order valence-corrected chi connectivity index (χ3v) is 4.50. The zero-order valence-corrected chi connectivity index (χ0v) is 15.2. The average Bonchev–Trinajstić information content (AvgIpc) is 3.38. The molecule has 0 atom stereocenters. The highest BCUT2D eigenvalue weighted by Gasteiger charge is 2.15. The van der Waals surface area contributed by atoms with E-state index < -0.39 is 6.61 Å². The summed E-state index contributed by atoms with van der Waals surface area (Å²) in [6.45, 7) is -2.69. The van der Waals surface area contributed by atoms with Crippen molar-refractivity contribution in [3.63, 3.8) is 0 Å². The van der Waals surface area contributed by atoms with Gasteiger partial charge in [0, 0.05) is 17.6 Å². The second kappa shape index (κ2) is 7.73. The minimum Gasteiger partial charge on any atom is -0.451 e. The summed E-state index contributed by atoms with van der Waals surface area (Å²) in [5.74, 6) is 0.648. The van der Waals surface area contributed by atoms with Crippen LogP contribution in [0.2, 0.25) is 5.02 Å². The minimum absolute atomic E-state index is 0.00630. The molecule has 0 saturated heterocycles. The summed E-state index contributed by atoms with van der Waals surface area (Å²) in [4.78, 5) is 0. The average molecular weight is 417 g/mol. The van der Waals surface area contributed by atoms with Gasteiger partial charge in [-0.3, -0.25) is 0 Å². The van der Waals surface area contributed by atoms with Crippen molar-refractivity contribution < 1.29 is 17.9 Å². The molecule has 0 unspecified atom stereocenters. The van der Waals surface area contributed by atoms with E-state index in [2.05, 4.69) is 30.7 Å². The second-order valence-corrected chi connectivity index (χ2v) is 6.25. The van der Waals surface area contributed by atoms with Gasteiger partial charge in [0.25, 0.3) is 0 Å². The van der Waals surface area contributed by atoms with Gasteiger partial charge in [-0.05, 0) is 40.3 Å². The van der Waals surface area contributed by atoms with E-state index in [1.165, 1.54) is 18.2 Å². The van der Waals surface area contributed by atoms with E-state index in [1.54, 1.807) is 6.07 Å². The van der Waals surface area contributed by atoms with E-state index in [0.29, 0.717) is 34.4 Å². The number of hydrogen-bond donors (Lipinski definition) is 2. The number of aromatic amines is 1. The number of aromatic nitrogens is 4. The van der Waals surface area contributed by atoms with Crippen LogP contribution >= 0.6 is 11.6 Å². The van der Waals surface area contributed by atoms with Gasteiger partial charge in [0.2, 0.25) is 5.82 Å². The van der Waals surface area contributed by atoms with Crippen molar-refractivity contribution in [3.8, 4) is 23.4 Å². The molecule has 8 nitrogen and oxygen atoms in total. The summed E-state index contributed by atoms with van der Waals surface area (Å²) < 4.78 is 34.9. The first-order valence-corrected chi connectivity index (χ1v) is 8.61. The van der Waals surface area contributed by atoms with E-state index in [4.69, 9.17) is 21.3 Å². The molecule has 0 radical (unpaired) electrons. The number of nitriles is 1. The number of fused-ring (bicyclic) bond motifs is 1. The zero-order chi connectivity index (χ0) is 20.4. The molecule has 0 aliphatic rings. The molecule has 11 heteroatoms. The van der Waals surface area contributed by atoms with Crippen LogP contribution in [0.15, 0.2) is 40.8 Å². The van der Waals surface area contributed by atoms with Gasteiger partial charge in [-0.2, -0.15) is 14.0 Å². The summed E-state index contributed by atoms with van der Waals surface area (Å²) in [7, 11) is 0. The molecule has 0 amide bonds. The molecule has 0 saturated carbocycles. The molecule has 29 heavy (non-hydrogen) atoms. The number of nitrogens with one attached hydrogen (secondary N) is 2. The monoisotopic (exact) mass is 416 g/mol. The summed E-state index contributed by atoms with van der Waals surface area (Å²) in [6, 6.07) is 11.5. The van der Waals surface area contributed by atoms with Crippen LogP contribution in [0.25, 0.3) is 22.6 Å². The normalized spacial score (nSPS) is 11.0. The first kappa shape index (κ1) is 18.6. The summed E-state index contributed by atoms with van der Waals surface area (Å²) in [5.41, 5.74) is 1.76. The highest BCUT2D eigenvalue weighted by atomic mass is 35.5. The van der Waals surface area contributed by atoms with Crippen LogP contribution in [0.1, 0.15) is 11.1 Å². The molecule has 0 bridgehead atoms. The Bertz CT molecular complexity index is 1200. The van der Waals surface area contributed by atoms with Crippen LogP contribution in [0, 0.1) is 11.3 Å². The van der Waals surface area contributed by atoms with Gasteiger partial charge >= 0.3 is 6.61 Å². The Morgan fingerprint density at radius 2 is 2.14 bits per heavy atom. The van der Waals surface area contributed by atoms with Crippen LogP contribution in [0.5, 0.6) is 5.75 Å². The number of hydrogen-bond acceptors (Lipinski definition) is 7. The minimum atomic E-state index is -3.00. The third-order valence-electron chi connectivity index (χ3n) is 4.08. The van der Waals surface area contributed by atoms with E-state index in [-0.39, 0.29) is 11.3 Å². The molecule has 0 fully saturated rings. The van der Waals surface area contributed by atoms with E-state index in [9.17, 15) is 8.78 Å². The molecule has 4 aromatic rings. The van der Waals surface area contributed by atoms with Gasteiger partial charge in [0.05, 0.1) is 10.6 Å². The topological polar surface area (TPSA) is 113 Å². The predicted octanol–water partition coefficient (Wildman–Crippen LogP) is 4.35. The van der Waals surface area contributed by atoms with Gasteiger partial charge in [0.15, 0.2) is 11.3 Å². The predicted molar refractivity (Wildman–Crippen MR) is 99.5 cm³/mol. The smallest absolute Gasteiger partial charge is 0.387 e. The number of nitrogens with zero attached hydrogens (tertiary/aromatic N) is 4. The van der Waals surface area contributed by atoms with Crippen molar-refractivity contribution in [1.29, 1.82) is 5.26 Å². The fraction of sp³-hybridized carbons (Fsp3) is 0.111. The molecular weight excluding hydrogens is 406 g/mol. The van der Waals surface area contributed by atoms with Crippen LogP contribution in [0.4, 0.5) is 14.5 Å². The van der Waals surface area contributed by atoms with E-state index in [0.717, 1.165) is 10.9 Å². The van der Waals surface area contributed by atoms with Crippen LogP contribution < -0.4 is 10.1 Å². The molecule has 4 rings (SSSR count). The molecule has 146 valence electrons. The van der Waals surface area contributed by atoms with Gasteiger partial charge in [-0.15, -0.1) is 5.10 Å². The number of benzene rings is 2. The zero-order valence-electron chi connectivity index (χ0n) is 14.5. The van der Waals surface area contributed by atoms with Gasteiger partial charge in [-0.1, -0.05) is 23.7 Å². The Morgan fingerprint density at radius 1 is 1.28 bits per heavy atom. The molecule has 2 aromatic heterocycles. The van der Waals surface area contributed by atoms with Crippen molar-refractivity contribution in [1.82, 2.24) is 20.6 Å². The van der Waals surface area contributed by atoms with Crippen molar-refractivity contribution in [3.05, 3.63) is 52.5 Å². The lowest BCUT2D eigenvalue weighted by Crippen LogP contribution is -2.05. The maximum absolute atomic E-state index is 12.4. The fourth-order valence-corrected chi connectivity index (χ4v) is 3.03. The van der Waals surface area contributed by atoms with Gasteiger partial charge in [-0.25, -0.2) is 5.10 Å². The summed E-state index contributed by atoms with van der Waals surface area (Å²) in [5, 5.41) is 26.9. The van der Waals surface area contributed by atoms with Crippen molar-refractivity contribution in [2.24, 2.45) is 0 Å². The molecule has 0 aliphatic heterocycles. The number of furan rings is 1. The number of rotatable bonds is 6. The highest BCUT2D eigenvalue weighted by molar-refractivity contribution is 6.35. The quantitative estimate of drug-likeness (QED) is 0.480. The lowest BCUT2D eigenvalue weighted by molar-refractivity contribution is -0.0500. The first-order valence-electron chi connectivity index (χ1n) is 8.23. The highest BCUT2D eigenvalue weighted by Crippen LogP contribution is 2.33. The molecule has 2 heterocycles. The standard InChI is InChI=1S/C18H11ClF2N6O2/c19-15-10(2-1-9-6-14(28-16(9)15)17-24-26-27-25-17)8-23-12-3-4-13(29-18(20)21)11(5-12)7-22/h1-6,18,23H,8H2,(H,24,25,26,27). The molecule has 2 aromatic carbocycles. The maximum Gasteiger partial charge on any atom is 0.387 e. The maximum atomic E-state index is 12.4. The number of ether oxygens (including phenoxy) is 1. The largest absolute Gasteiger partial charge is 0.451 e. The molecule has 2 N–H and O–H groups in total. The van der Waals surface area contributed by atoms with Crippen molar-refractivity contribution >= 4 is 28.3 Å². The Labute approximate surface area is 167 Å². The van der Waals surface area contributed by atoms with Gasteiger partial charge < -0.3 is 14.5 Å². The number of alkyl halides is 2. The Kier molecular flexibility index (Phi) is 4.97. The lowest BCUT2D eigenvalue weighted by Gasteiger charge is -2.11. The Morgan fingerprint density at radius 3 is 2.86 bits per heavy atom. The van der Waals surface area contributed by atoms with Crippen LogP contribution in [-0.4, -0.2) is 27.2 Å². The lowest BCUT2D eigenvalue weighted by atomic mass is 10.1. The first-order chi connectivity index (χ1) is 14.0. The summed E-state index contributed by atoms with van der Waals surface area (Å²) >= 11 is 6.47. The van der Waals surface area contributed by atoms with Crippen molar-refractivity contribution in [2.75, 3.05) is 5.32 Å². The van der Waals surface area contributed by atoms with Gasteiger partial charge in [0.1, 0.15) is 11.8 Å². The Balaban J connectivity index is 1.55. The van der Waals surface area contributed by atoms with E-state index in [1.807, 2.05) is 18.2 Å². The second-order valence-electron chi connectivity index (χ2n) is 5.87. The molecule has 0 spiro atoms. The summed E-state index contributed by atoms with van der Waals surface area (Å²) in [6.07, 6.45) is 0. The molecular formula is C18H11ClF2N6O2. The van der Waals surface area contributed by atoms with Crippen LogP contribution in [-0.2, 0) is 6.54 Å². The SMILES string of the molecule is N#Cc1cc(NCc2ccc3cc(-c4nnn[nH]4)oc3c2Cl)ccc1OC(F)F. The van der Waals surface area contributed by atoms with E-state index >= 15 is 0 Å². The number of anilines is 1. The Hall–Kier alpha value is -3.71. The number of H-pyrrole nitrogens is 1. The van der Waals surface area contributed by atoms with Crippen molar-refractivity contribution in [2.45, 2.75) is 13.2 Å². The number of tetrazole rings is 1. The van der Waals surface area contributed by atoms with Crippen LogP contribution in [0.3, 0.4) is 0 Å². The number of halogens is 3.